The summed E-state index contributed by atoms with van der Waals surface area (Å²) in [5, 5.41) is 29.0. The molecule has 1 aromatic rings. The summed E-state index contributed by atoms with van der Waals surface area (Å²) >= 11 is 0. The molecular weight excluding hydrogens is 492 g/mol. The molecule has 8 N–H and O–H groups in total. The maximum atomic E-state index is 13.6. The minimum absolute atomic E-state index is 0.0475. The zero-order valence-corrected chi connectivity index (χ0v) is 21.3. The average Bonchev–Trinajstić information content (AvgIpc) is 3.54. The van der Waals surface area contributed by atoms with Crippen LogP contribution in [0.2, 0.25) is 0 Å². The number of guanidine groups is 2. The third-order valence-electron chi connectivity index (χ3n) is 8.72. The highest BCUT2D eigenvalue weighted by Crippen LogP contribution is 2.45. The summed E-state index contributed by atoms with van der Waals surface area (Å²) in [4.78, 5) is 49.5. The van der Waals surface area contributed by atoms with Crippen LogP contribution in [-0.2, 0) is 21.4 Å². The van der Waals surface area contributed by atoms with Crippen molar-refractivity contribution in [1.82, 2.24) is 20.4 Å². The van der Waals surface area contributed by atoms with E-state index in [9.17, 15) is 24.6 Å². The molecule has 13 heteroatoms. The van der Waals surface area contributed by atoms with Gasteiger partial charge in [-0.3, -0.25) is 19.3 Å². The molecule has 1 spiro atoms. The fourth-order valence-corrected chi connectivity index (χ4v) is 6.85. The number of fused-ring (bicyclic) bond motifs is 1. The summed E-state index contributed by atoms with van der Waals surface area (Å²) in [5.41, 5.74) is 12.9. The first-order chi connectivity index (χ1) is 17.9. The SMILES string of the molecule is CC1(C)CCc2cccc(C(=O)NC3CN4C(N)=N[C@@H](CN5C(=O)CCC5=O)[C@@H]5N=C(N)N[C@@]54C3(O)O)c21. The van der Waals surface area contributed by atoms with Gasteiger partial charge in [0.15, 0.2) is 17.6 Å². The molecule has 4 atom stereocenters. The molecule has 1 aliphatic carbocycles. The molecule has 202 valence electrons. The molecule has 0 bridgehead atoms. The van der Waals surface area contributed by atoms with Crippen LogP contribution in [0.3, 0.4) is 0 Å². The fraction of sp³-hybridized carbons (Fsp3) is 0.560. The summed E-state index contributed by atoms with van der Waals surface area (Å²) < 4.78 is 0. The maximum Gasteiger partial charge on any atom is 0.252 e. The van der Waals surface area contributed by atoms with Crippen molar-refractivity contribution < 1.29 is 24.6 Å². The summed E-state index contributed by atoms with van der Waals surface area (Å²) in [6, 6.07) is 2.50. The highest BCUT2D eigenvalue weighted by Gasteiger charge is 2.73. The number of rotatable bonds is 4. The number of nitrogens with one attached hydrogen (secondary N) is 2. The van der Waals surface area contributed by atoms with Crippen LogP contribution < -0.4 is 22.1 Å². The number of nitrogens with two attached hydrogens (primary N) is 2. The Morgan fingerprint density at radius 1 is 1.16 bits per heavy atom. The van der Waals surface area contributed by atoms with Gasteiger partial charge in [0, 0.05) is 24.9 Å². The molecule has 4 aliphatic heterocycles. The van der Waals surface area contributed by atoms with Crippen molar-refractivity contribution in [3.8, 4) is 0 Å². The minimum Gasteiger partial charge on any atom is -0.370 e. The normalized spacial score (nSPS) is 32.4. The van der Waals surface area contributed by atoms with E-state index in [1.165, 1.54) is 4.90 Å². The van der Waals surface area contributed by atoms with Crippen molar-refractivity contribution in [1.29, 1.82) is 0 Å². The standard InChI is InChI=1S/C25H32N8O5/c1-23(2)9-8-12-4-3-5-13(18(12)23)20(36)29-15-11-33-22(27)28-14(10-32-16(34)6-7-17(32)35)19-24(33,25(15,37)38)31-21(26)30-19/h3-5,14-15,19,37-38H,6-11H2,1-2H3,(H2,27,28)(H,29,36)(H3,26,30,31)/t14-,15?,19-,24-/m0/s1. The zero-order valence-electron chi connectivity index (χ0n) is 21.3. The molecule has 5 aliphatic rings. The smallest absolute Gasteiger partial charge is 0.252 e. The molecule has 0 saturated carbocycles. The highest BCUT2D eigenvalue weighted by atomic mass is 16.5. The van der Waals surface area contributed by atoms with Gasteiger partial charge in [-0.1, -0.05) is 26.0 Å². The Balaban J connectivity index is 1.33. The van der Waals surface area contributed by atoms with Gasteiger partial charge in [-0.25, -0.2) is 9.98 Å². The van der Waals surface area contributed by atoms with Gasteiger partial charge in [-0.2, -0.15) is 0 Å². The molecule has 0 radical (unpaired) electrons. The molecule has 13 nitrogen and oxygen atoms in total. The number of benzene rings is 1. The monoisotopic (exact) mass is 524 g/mol. The van der Waals surface area contributed by atoms with Crippen molar-refractivity contribution in [3.05, 3.63) is 34.9 Å². The quantitative estimate of drug-likeness (QED) is 0.187. The van der Waals surface area contributed by atoms with Gasteiger partial charge in [0.25, 0.3) is 5.91 Å². The Kier molecular flexibility index (Phi) is 5.12. The predicted molar refractivity (Wildman–Crippen MR) is 136 cm³/mol. The lowest BCUT2D eigenvalue weighted by molar-refractivity contribution is -0.230. The van der Waals surface area contributed by atoms with E-state index in [0.29, 0.717) is 5.56 Å². The number of amides is 3. The van der Waals surface area contributed by atoms with E-state index in [-0.39, 0.29) is 55.1 Å². The Morgan fingerprint density at radius 2 is 1.87 bits per heavy atom. The fourth-order valence-electron chi connectivity index (χ4n) is 6.85. The number of imide groups is 1. The summed E-state index contributed by atoms with van der Waals surface area (Å²) in [6.45, 7) is 3.96. The average molecular weight is 525 g/mol. The van der Waals surface area contributed by atoms with Crippen LogP contribution in [-0.4, -0.2) is 92.3 Å². The highest BCUT2D eigenvalue weighted by molar-refractivity contribution is 6.02. The second-order valence-corrected chi connectivity index (χ2v) is 11.4. The van der Waals surface area contributed by atoms with Crippen molar-refractivity contribution in [2.75, 3.05) is 13.1 Å². The number of hydrogen-bond acceptors (Lipinski definition) is 11. The minimum atomic E-state index is -2.61. The number of carbonyl (C=O) groups is 3. The Hall–Kier alpha value is -3.71. The van der Waals surface area contributed by atoms with E-state index in [1.54, 1.807) is 6.07 Å². The van der Waals surface area contributed by atoms with Crippen molar-refractivity contribution >= 4 is 29.6 Å². The van der Waals surface area contributed by atoms with E-state index >= 15 is 0 Å². The first-order valence-electron chi connectivity index (χ1n) is 12.8. The number of hydrogen-bond donors (Lipinski definition) is 6. The number of aryl methyl sites for hydroxylation is 1. The van der Waals surface area contributed by atoms with Crippen LogP contribution >= 0.6 is 0 Å². The van der Waals surface area contributed by atoms with Crippen molar-refractivity contribution in [2.24, 2.45) is 21.5 Å². The summed E-state index contributed by atoms with van der Waals surface area (Å²) in [5.74, 6) is -3.84. The van der Waals surface area contributed by atoms with Gasteiger partial charge < -0.3 is 37.2 Å². The van der Waals surface area contributed by atoms with Gasteiger partial charge in [-0.15, -0.1) is 0 Å². The van der Waals surface area contributed by atoms with Crippen LogP contribution in [0.15, 0.2) is 28.2 Å². The topological polar surface area (TPSA) is 199 Å². The Bertz CT molecular complexity index is 1310. The zero-order chi connectivity index (χ0) is 27.2. The van der Waals surface area contributed by atoms with Crippen LogP contribution in [0.25, 0.3) is 0 Å². The Morgan fingerprint density at radius 3 is 2.58 bits per heavy atom. The molecule has 2 fully saturated rings. The van der Waals surface area contributed by atoms with E-state index in [0.717, 1.165) is 28.9 Å². The van der Waals surface area contributed by atoms with Gasteiger partial charge in [0.05, 0.1) is 12.6 Å². The first kappa shape index (κ1) is 24.6. The number of likely N-dealkylation sites (tertiary alicyclic amines) is 1. The largest absolute Gasteiger partial charge is 0.370 e. The second-order valence-electron chi connectivity index (χ2n) is 11.4. The number of aliphatic imine (C=N–C) groups is 2. The van der Waals surface area contributed by atoms with Gasteiger partial charge in [0.2, 0.25) is 17.6 Å². The third kappa shape index (κ3) is 3.21. The van der Waals surface area contributed by atoms with E-state index < -0.39 is 35.5 Å². The molecule has 6 rings (SSSR count). The molecule has 4 heterocycles. The van der Waals surface area contributed by atoms with Gasteiger partial charge >= 0.3 is 0 Å². The maximum absolute atomic E-state index is 13.6. The molecule has 1 aromatic carbocycles. The molecule has 1 unspecified atom stereocenters. The molecule has 0 aromatic heterocycles. The van der Waals surface area contributed by atoms with Crippen LogP contribution in [0, 0.1) is 0 Å². The molecule has 3 amide bonds. The van der Waals surface area contributed by atoms with E-state index in [1.807, 2.05) is 12.1 Å². The van der Waals surface area contributed by atoms with Gasteiger partial charge in [0.1, 0.15) is 12.1 Å². The predicted octanol–water partition coefficient (Wildman–Crippen LogP) is -2.17. The van der Waals surface area contributed by atoms with Crippen LogP contribution in [0.5, 0.6) is 0 Å². The Labute approximate surface area is 218 Å². The lowest BCUT2D eigenvalue weighted by atomic mass is 9.83. The number of carbonyl (C=O) groups excluding carboxylic acids is 3. The van der Waals surface area contributed by atoms with E-state index in [4.69, 9.17) is 11.5 Å². The molecule has 38 heavy (non-hydrogen) atoms. The second kappa shape index (κ2) is 7.90. The molecular formula is C25H32N8O5. The van der Waals surface area contributed by atoms with Crippen molar-refractivity contribution in [3.63, 3.8) is 0 Å². The third-order valence-corrected chi connectivity index (χ3v) is 8.72. The van der Waals surface area contributed by atoms with E-state index in [2.05, 4.69) is 34.5 Å². The van der Waals surface area contributed by atoms with Crippen molar-refractivity contribution in [2.45, 2.75) is 74.5 Å². The summed E-state index contributed by atoms with van der Waals surface area (Å²) in [7, 11) is 0. The number of nitrogens with zero attached hydrogens (tertiary/aromatic N) is 4. The number of aliphatic hydroxyl groups is 2. The van der Waals surface area contributed by atoms with Crippen LogP contribution in [0.1, 0.15) is 54.6 Å². The summed E-state index contributed by atoms with van der Waals surface area (Å²) in [6.07, 6.45) is 1.99. The van der Waals surface area contributed by atoms with Gasteiger partial charge in [-0.05, 0) is 35.4 Å². The molecule has 2 saturated heterocycles. The lowest BCUT2D eigenvalue weighted by Gasteiger charge is -2.49. The van der Waals surface area contributed by atoms with Crippen LogP contribution in [0.4, 0.5) is 0 Å². The first-order valence-corrected chi connectivity index (χ1v) is 12.8. The lowest BCUT2D eigenvalue weighted by Crippen LogP contribution is -2.78.